The number of anilines is 4. The highest BCUT2D eigenvalue weighted by Crippen LogP contribution is 2.22. The molecule has 0 unspecified atom stereocenters. The summed E-state index contributed by atoms with van der Waals surface area (Å²) in [6, 6.07) is 22.0. The monoisotopic (exact) mass is 847 g/mol. The summed E-state index contributed by atoms with van der Waals surface area (Å²) < 4.78 is 19.6. The van der Waals surface area contributed by atoms with E-state index in [9.17, 15) is 19.2 Å². The first-order chi connectivity index (χ1) is 26.4. The van der Waals surface area contributed by atoms with Crippen LogP contribution in [-0.4, -0.2) is 77.2 Å². The maximum atomic E-state index is 11.3. The molecule has 0 spiro atoms. The number of carbonyl (C=O) groups excluding carboxylic acids is 4. The molecular weight excluding hydrogens is 811 g/mol. The Morgan fingerprint density at radius 1 is 0.545 bits per heavy atom. The molecular formula is C33H37N9O8S5. The van der Waals surface area contributed by atoms with E-state index in [1.165, 1.54) is 18.9 Å². The van der Waals surface area contributed by atoms with Gasteiger partial charge in [0.25, 0.3) is 0 Å². The molecule has 0 radical (unpaired) electrons. The summed E-state index contributed by atoms with van der Waals surface area (Å²) in [5, 5.41) is 20.9. The van der Waals surface area contributed by atoms with E-state index in [-0.39, 0.29) is 33.7 Å². The maximum Gasteiger partial charge on any atom is 0.413 e. The summed E-state index contributed by atoms with van der Waals surface area (Å²) in [5.74, 6) is 0. The zero-order chi connectivity index (χ0) is 40.6. The van der Waals surface area contributed by atoms with Crippen LogP contribution in [0.3, 0.4) is 0 Å². The minimum atomic E-state index is -0.689. The lowest BCUT2D eigenvalue weighted by atomic mass is 10.2. The van der Waals surface area contributed by atoms with E-state index >= 15 is 0 Å². The first-order valence-corrected chi connectivity index (χ1v) is 18.2. The van der Waals surface area contributed by atoms with Gasteiger partial charge in [-0.05, 0) is 99.1 Å². The molecule has 17 nitrogen and oxygen atoms in total. The van der Waals surface area contributed by atoms with Crippen molar-refractivity contribution in [3.05, 3.63) is 78.3 Å². The SMILES string of the molecule is CCOC(=O)NC(=S)Nc1ccccc1NC(=S)NC(=O)OCC.COC(=O)NC(=S)Nc1ccccc1NC(=S)NC(=O)OC.c1ccc2scnc2c1. The predicted octanol–water partition coefficient (Wildman–Crippen LogP) is 6.66. The van der Waals surface area contributed by atoms with Crippen molar-refractivity contribution in [1.29, 1.82) is 0 Å². The van der Waals surface area contributed by atoms with Crippen LogP contribution in [0.15, 0.2) is 78.3 Å². The average molecular weight is 848 g/mol. The standard InChI is InChI=1S/C14H18N4O4S2.C12H14N4O4S2.C7H5NS/c1-3-21-13(19)17-11(23)15-9-7-5-6-8-10(9)16-12(24)18-14(20)22-4-2;1-19-11(17)15-9(21)13-7-5-3-4-6-8(7)14-10(22)16-12(18)20-2;1-2-4-7-6(3-1)8-5-9-7/h5-8H,3-4H2,1-2H3,(H2,15,17,19,23)(H2,16,18,20,24);3-6H,1-2H3,(H2,13,15,17,21)(H2,14,16,18,22);1-5H. The quantitative estimate of drug-likeness (QED) is 0.0752. The highest BCUT2D eigenvalue weighted by molar-refractivity contribution is 7.81. The molecule has 0 aliphatic carbocycles. The molecule has 3 aromatic carbocycles. The number of fused-ring (bicyclic) bond motifs is 1. The number of ether oxygens (including phenoxy) is 4. The molecule has 0 saturated carbocycles. The molecule has 4 rings (SSSR count). The topological polar surface area (TPSA) is 214 Å². The van der Waals surface area contributed by atoms with Crippen LogP contribution in [-0.2, 0) is 18.9 Å². The van der Waals surface area contributed by atoms with Gasteiger partial charge in [-0.25, -0.2) is 24.2 Å². The molecule has 8 N–H and O–H groups in total. The van der Waals surface area contributed by atoms with Crippen LogP contribution in [0.4, 0.5) is 41.9 Å². The molecule has 4 aromatic rings. The van der Waals surface area contributed by atoms with E-state index in [1.54, 1.807) is 73.7 Å². The molecule has 0 bridgehead atoms. The van der Waals surface area contributed by atoms with E-state index in [4.69, 9.17) is 58.3 Å². The van der Waals surface area contributed by atoms with E-state index < -0.39 is 24.4 Å². The lowest BCUT2D eigenvalue weighted by Crippen LogP contribution is -2.36. The van der Waals surface area contributed by atoms with Crippen LogP contribution >= 0.6 is 60.2 Å². The average Bonchev–Trinajstić information content (AvgIpc) is 3.63. The second kappa shape index (κ2) is 25.3. The zero-order valence-corrected chi connectivity index (χ0v) is 33.8. The number of amides is 4. The molecule has 0 atom stereocenters. The van der Waals surface area contributed by atoms with E-state index in [0.29, 0.717) is 22.7 Å². The van der Waals surface area contributed by atoms with Crippen molar-refractivity contribution >= 4 is 138 Å². The van der Waals surface area contributed by atoms with Crippen molar-refractivity contribution in [3.8, 4) is 0 Å². The van der Waals surface area contributed by atoms with Crippen molar-refractivity contribution < 1.29 is 38.1 Å². The third-order valence-corrected chi connectivity index (χ3v) is 7.49. The van der Waals surface area contributed by atoms with Crippen LogP contribution in [0, 0.1) is 0 Å². The van der Waals surface area contributed by atoms with Crippen LogP contribution in [0.25, 0.3) is 10.2 Å². The molecule has 0 aliphatic rings. The van der Waals surface area contributed by atoms with Gasteiger partial charge in [0.1, 0.15) is 0 Å². The van der Waals surface area contributed by atoms with E-state index in [0.717, 1.165) is 5.52 Å². The Morgan fingerprint density at radius 2 is 0.873 bits per heavy atom. The lowest BCUT2D eigenvalue weighted by Gasteiger charge is -2.15. The molecule has 55 heavy (non-hydrogen) atoms. The number of carbonyl (C=O) groups is 4. The summed E-state index contributed by atoms with van der Waals surface area (Å²) in [5.41, 5.74) is 5.14. The first kappa shape index (κ1) is 45.3. The molecule has 22 heteroatoms. The highest BCUT2D eigenvalue weighted by Gasteiger charge is 2.11. The Kier molecular flexibility index (Phi) is 20.8. The number of methoxy groups -OCH3 is 2. The number of nitrogens with one attached hydrogen (secondary N) is 8. The normalized spacial score (nSPS) is 9.45. The van der Waals surface area contributed by atoms with Gasteiger partial charge in [0.05, 0.1) is 65.9 Å². The summed E-state index contributed by atoms with van der Waals surface area (Å²) >= 11 is 21.7. The second-order valence-electron chi connectivity index (χ2n) is 9.65. The molecule has 0 saturated heterocycles. The van der Waals surface area contributed by atoms with Gasteiger partial charge in [-0.1, -0.05) is 36.4 Å². The van der Waals surface area contributed by atoms with Crippen molar-refractivity contribution in [2.24, 2.45) is 0 Å². The van der Waals surface area contributed by atoms with Crippen LogP contribution in [0.5, 0.6) is 0 Å². The van der Waals surface area contributed by atoms with Gasteiger partial charge in [-0.3, -0.25) is 21.3 Å². The molecule has 4 amide bonds. The smallest absolute Gasteiger partial charge is 0.413 e. The molecule has 1 aromatic heterocycles. The van der Waals surface area contributed by atoms with Crippen molar-refractivity contribution in [3.63, 3.8) is 0 Å². The first-order valence-electron chi connectivity index (χ1n) is 15.7. The number of thiocarbonyl (C=S) groups is 4. The number of para-hydroxylation sites is 5. The fourth-order valence-electron chi connectivity index (χ4n) is 3.63. The predicted molar refractivity (Wildman–Crippen MR) is 229 cm³/mol. The lowest BCUT2D eigenvalue weighted by molar-refractivity contribution is 0.157. The minimum absolute atomic E-state index is 0.0490. The molecule has 292 valence electrons. The van der Waals surface area contributed by atoms with Crippen LogP contribution in [0.1, 0.15) is 13.8 Å². The summed E-state index contributed by atoms with van der Waals surface area (Å²) in [7, 11) is 2.45. The van der Waals surface area contributed by atoms with Crippen LogP contribution in [0.2, 0.25) is 0 Å². The fourth-order valence-corrected chi connectivity index (χ4v) is 5.08. The Balaban J connectivity index is 0.000000310. The summed E-state index contributed by atoms with van der Waals surface area (Å²) in [6.07, 6.45) is -2.68. The largest absolute Gasteiger partial charge is 0.453 e. The van der Waals surface area contributed by atoms with Gasteiger partial charge in [0.15, 0.2) is 20.4 Å². The number of nitrogens with zero attached hydrogens (tertiary/aromatic N) is 1. The number of thiazole rings is 1. The Labute approximate surface area is 341 Å². The third kappa shape index (κ3) is 18.2. The number of alkyl carbamates (subject to hydrolysis) is 4. The van der Waals surface area contributed by atoms with E-state index in [2.05, 4.69) is 63.1 Å². The molecule has 1 heterocycles. The summed E-state index contributed by atoms with van der Waals surface area (Å²) in [4.78, 5) is 48.9. The minimum Gasteiger partial charge on any atom is -0.453 e. The Hall–Kier alpha value is -5.81. The zero-order valence-electron chi connectivity index (χ0n) is 29.7. The van der Waals surface area contributed by atoms with Gasteiger partial charge in [0.2, 0.25) is 0 Å². The van der Waals surface area contributed by atoms with Crippen molar-refractivity contribution in [1.82, 2.24) is 26.3 Å². The Morgan fingerprint density at radius 3 is 1.20 bits per heavy atom. The van der Waals surface area contributed by atoms with Gasteiger partial charge >= 0.3 is 24.4 Å². The number of hydrogen-bond donors (Lipinski definition) is 8. The number of rotatable bonds is 6. The van der Waals surface area contributed by atoms with Crippen molar-refractivity contribution in [2.45, 2.75) is 13.8 Å². The Bertz CT molecular complexity index is 1830. The van der Waals surface area contributed by atoms with Crippen LogP contribution < -0.4 is 42.5 Å². The highest BCUT2D eigenvalue weighted by atomic mass is 32.1. The van der Waals surface area contributed by atoms with Gasteiger partial charge in [-0.15, -0.1) is 11.3 Å². The third-order valence-electron chi connectivity index (χ3n) is 5.87. The number of hydrogen-bond acceptors (Lipinski definition) is 14. The van der Waals surface area contributed by atoms with Gasteiger partial charge < -0.3 is 40.2 Å². The van der Waals surface area contributed by atoms with Gasteiger partial charge in [-0.2, -0.15) is 0 Å². The number of benzene rings is 3. The molecule has 0 aliphatic heterocycles. The second-order valence-corrected chi connectivity index (χ2v) is 12.2. The maximum absolute atomic E-state index is 11.3. The van der Waals surface area contributed by atoms with E-state index in [1.807, 2.05) is 23.7 Å². The van der Waals surface area contributed by atoms with Gasteiger partial charge in [0, 0.05) is 0 Å². The van der Waals surface area contributed by atoms with Crippen molar-refractivity contribution in [2.75, 3.05) is 48.7 Å². The molecule has 0 fully saturated rings. The number of aromatic nitrogens is 1. The summed E-state index contributed by atoms with van der Waals surface area (Å²) in [6.45, 7) is 3.85. The fraction of sp³-hybridized carbons (Fsp3) is 0.182.